The SMILES string of the molecule is C#CC(CC)NC(=O)NCC(CC)C(=O)O. The molecule has 0 aliphatic rings. The van der Waals surface area contributed by atoms with E-state index in [4.69, 9.17) is 11.5 Å². The number of rotatable bonds is 6. The number of carbonyl (C=O) groups is 2. The van der Waals surface area contributed by atoms with E-state index in [-0.39, 0.29) is 12.6 Å². The van der Waals surface area contributed by atoms with Gasteiger partial charge in [0.05, 0.1) is 12.0 Å². The largest absolute Gasteiger partial charge is 0.481 e. The van der Waals surface area contributed by atoms with Crippen molar-refractivity contribution < 1.29 is 14.7 Å². The first kappa shape index (κ1) is 14.3. The molecule has 0 heterocycles. The second-order valence-electron chi connectivity index (χ2n) is 3.43. The van der Waals surface area contributed by atoms with Gasteiger partial charge < -0.3 is 15.7 Å². The van der Waals surface area contributed by atoms with E-state index in [0.717, 1.165) is 0 Å². The Bertz CT molecular complexity index is 283. The molecule has 0 aromatic rings. The van der Waals surface area contributed by atoms with Crippen molar-refractivity contribution in [2.75, 3.05) is 6.54 Å². The van der Waals surface area contributed by atoms with Gasteiger partial charge in [0, 0.05) is 6.54 Å². The number of terminal acetylenes is 1. The van der Waals surface area contributed by atoms with Crippen LogP contribution in [0.1, 0.15) is 26.7 Å². The number of hydrogen-bond acceptors (Lipinski definition) is 2. The second kappa shape index (κ2) is 7.57. The van der Waals surface area contributed by atoms with E-state index in [1.165, 1.54) is 0 Å². The first-order valence-corrected chi connectivity index (χ1v) is 5.28. The average molecular weight is 226 g/mol. The Morgan fingerprint density at radius 2 is 2.00 bits per heavy atom. The lowest BCUT2D eigenvalue weighted by Gasteiger charge is -2.14. The van der Waals surface area contributed by atoms with Crippen molar-refractivity contribution >= 4 is 12.0 Å². The van der Waals surface area contributed by atoms with Crippen LogP contribution in [0.4, 0.5) is 4.79 Å². The van der Waals surface area contributed by atoms with Crippen molar-refractivity contribution in [3.8, 4) is 12.3 Å². The van der Waals surface area contributed by atoms with Gasteiger partial charge >= 0.3 is 12.0 Å². The van der Waals surface area contributed by atoms with Crippen LogP contribution in [0, 0.1) is 18.3 Å². The molecule has 3 N–H and O–H groups in total. The van der Waals surface area contributed by atoms with Crippen LogP contribution in [0.15, 0.2) is 0 Å². The molecular formula is C11H18N2O3. The van der Waals surface area contributed by atoms with Crippen LogP contribution in [0.3, 0.4) is 0 Å². The first-order chi connectivity index (χ1) is 7.54. The van der Waals surface area contributed by atoms with E-state index in [1.807, 2.05) is 6.92 Å². The molecule has 0 aliphatic carbocycles. The number of carbonyl (C=O) groups excluding carboxylic acids is 1. The molecule has 0 bridgehead atoms. The van der Waals surface area contributed by atoms with Crippen LogP contribution < -0.4 is 10.6 Å². The summed E-state index contributed by atoms with van der Waals surface area (Å²) in [5.74, 6) is 0.950. The standard InChI is InChI=1S/C11H18N2O3/c1-4-8(10(14)15)7-12-11(16)13-9(5-2)6-3/h2,8-9H,4,6-7H2,1,3H3,(H,14,15)(H2,12,13,16). The molecule has 5 nitrogen and oxygen atoms in total. The second-order valence-corrected chi connectivity index (χ2v) is 3.43. The van der Waals surface area contributed by atoms with E-state index in [2.05, 4.69) is 16.6 Å². The molecule has 0 aliphatic heterocycles. The molecule has 0 saturated heterocycles. The quantitative estimate of drug-likeness (QED) is 0.586. The van der Waals surface area contributed by atoms with Crippen molar-refractivity contribution in [3.05, 3.63) is 0 Å². The van der Waals surface area contributed by atoms with Crippen molar-refractivity contribution in [1.82, 2.24) is 10.6 Å². The zero-order chi connectivity index (χ0) is 12.6. The zero-order valence-electron chi connectivity index (χ0n) is 9.62. The Hall–Kier alpha value is -1.70. The molecule has 0 aromatic carbocycles. The van der Waals surface area contributed by atoms with Crippen LogP contribution in [0.5, 0.6) is 0 Å². The van der Waals surface area contributed by atoms with Crippen molar-refractivity contribution in [1.29, 1.82) is 0 Å². The van der Waals surface area contributed by atoms with E-state index in [0.29, 0.717) is 12.8 Å². The maximum Gasteiger partial charge on any atom is 0.315 e. The number of urea groups is 1. The summed E-state index contributed by atoms with van der Waals surface area (Å²) in [6.45, 7) is 3.73. The fourth-order valence-electron chi connectivity index (χ4n) is 1.09. The number of carboxylic acids is 1. The van der Waals surface area contributed by atoms with Crippen LogP contribution in [0.25, 0.3) is 0 Å². The molecule has 0 rings (SSSR count). The van der Waals surface area contributed by atoms with E-state index in [1.54, 1.807) is 6.92 Å². The summed E-state index contributed by atoms with van der Waals surface area (Å²) in [7, 11) is 0. The third-order valence-electron chi connectivity index (χ3n) is 2.27. The molecule has 0 saturated carbocycles. The molecule has 0 radical (unpaired) electrons. The van der Waals surface area contributed by atoms with E-state index in [9.17, 15) is 9.59 Å². The third-order valence-corrected chi connectivity index (χ3v) is 2.27. The summed E-state index contributed by atoms with van der Waals surface area (Å²) in [5, 5.41) is 13.8. The summed E-state index contributed by atoms with van der Waals surface area (Å²) in [4.78, 5) is 22.0. The average Bonchev–Trinajstić information content (AvgIpc) is 2.26. The smallest absolute Gasteiger partial charge is 0.315 e. The summed E-state index contributed by atoms with van der Waals surface area (Å²) in [6, 6.07) is -0.741. The highest BCUT2D eigenvalue weighted by Gasteiger charge is 2.16. The number of hydrogen-bond donors (Lipinski definition) is 3. The number of amides is 2. The summed E-state index contributed by atoms with van der Waals surface area (Å²) in [6.07, 6.45) is 6.29. The molecule has 2 atom stereocenters. The van der Waals surface area contributed by atoms with Crippen LogP contribution in [-0.4, -0.2) is 29.7 Å². The fraction of sp³-hybridized carbons (Fsp3) is 0.636. The number of carboxylic acid groups (broad SMARTS) is 1. The van der Waals surface area contributed by atoms with Gasteiger partial charge in [0.15, 0.2) is 0 Å². The minimum atomic E-state index is -0.910. The summed E-state index contributed by atoms with van der Waals surface area (Å²) >= 11 is 0. The molecular weight excluding hydrogens is 208 g/mol. The summed E-state index contributed by atoms with van der Waals surface area (Å²) in [5.41, 5.74) is 0. The monoisotopic (exact) mass is 226 g/mol. The summed E-state index contributed by atoms with van der Waals surface area (Å²) < 4.78 is 0. The Morgan fingerprint density at radius 1 is 1.38 bits per heavy atom. The molecule has 90 valence electrons. The number of aliphatic carboxylic acids is 1. The van der Waals surface area contributed by atoms with E-state index >= 15 is 0 Å². The van der Waals surface area contributed by atoms with Crippen LogP contribution >= 0.6 is 0 Å². The molecule has 0 fully saturated rings. The Balaban J connectivity index is 3.98. The number of nitrogens with one attached hydrogen (secondary N) is 2. The zero-order valence-corrected chi connectivity index (χ0v) is 9.62. The maximum absolute atomic E-state index is 11.3. The maximum atomic E-state index is 11.3. The predicted octanol–water partition coefficient (Wildman–Crippen LogP) is 0.808. The lowest BCUT2D eigenvalue weighted by atomic mass is 10.1. The highest BCUT2D eigenvalue weighted by Crippen LogP contribution is 2.00. The molecule has 2 amide bonds. The highest BCUT2D eigenvalue weighted by atomic mass is 16.4. The minimum Gasteiger partial charge on any atom is -0.481 e. The van der Waals surface area contributed by atoms with Crippen LogP contribution in [0.2, 0.25) is 0 Å². The topological polar surface area (TPSA) is 78.4 Å². The normalized spacial score (nSPS) is 13.3. The van der Waals surface area contributed by atoms with Gasteiger partial charge in [-0.1, -0.05) is 19.8 Å². The van der Waals surface area contributed by atoms with Crippen molar-refractivity contribution in [3.63, 3.8) is 0 Å². The first-order valence-electron chi connectivity index (χ1n) is 5.28. The third kappa shape index (κ3) is 5.25. The van der Waals surface area contributed by atoms with Gasteiger partial charge in [-0.05, 0) is 12.8 Å². The van der Waals surface area contributed by atoms with Crippen molar-refractivity contribution in [2.45, 2.75) is 32.7 Å². The predicted molar refractivity (Wildman–Crippen MR) is 60.9 cm³/mol. The lowest BCUT2D eigenvalue weighted by Crippen LogP contribution is -2.43. The highest BCUT2D eigenvalue weighted by molar-refractivity contribution is 5.76. The van der Waals surface area contributed by atoms with Crippen LogP contribution in [-0.2, 0) is 4.79 Å². The van der Waals surface area contributed by atoms with Gasteiger partial charge in [-0.15, -0.1) is 6.42 Å². The Labute approximate surface area is 95.6 Å². The molecule has 5 heteroatoms. The van der Waals surface area contributed by atoms with Crippen molar-refractivity contribution in [2.24, 2.45) is 5.92 Å². The molecule has 16 heavy (non-hydrogen) atoms. The molecule has 0 spiro atoms. The molecule has 0 aromatic heterocycles. The van der Waals surface area contributed by atoms with Gasteiger partial charge in [0.25, 0.3) is 0 Å². The fourth-order valence-corrected chi connectivity index (χ4v) is 1.09. The molecule has 2 unspecified atom stereocenters. The van der Waals surface area contributed by atoms with Gasteiger partial charge in [-0.25, -0.2) is 4.79 Å². The van der Waals surface area contributed by atoms with Gasteiger partial charge in [-0.3, -0.25) is 4.79 Å². The van der Waals surface area contributed by atoms with E-state index < -0.39 is 17.9 Å². The van der Waals surface area contributed by atoms with Gasteiger partial charge in [0.2, 0.25) is 0 Å². The van der Waals surface area contributed by atoms with Gasteiger partial charge in [-0.2, -0.15) is 0 Å². The Kier molecular flexibility index (Phi) is 6.77. The Morgan fingerprint density at radius 3 is 2.38 bits per heavy atom. The minimum absolute atomic E-state index is 0.110. The van der Waals surface area contributed by atoms with Gasteiger partial charge in [0.1, 0.15) is 0 Å². The lowest BCUT2D eigenvalue weighted by molar-refractivity contribution is -0.141.